The van der Waals surface area contributed by atoms with Gasteiger partial charge in [-0.2, -0.15) is 0 Å². The predicted octanol–water partition coefficient (Wildman–Crippen LogP) is 14.2. The molecule has 0 bridgehead atoms. The minimum atomic E-state index is -0.433. The number of hydrogen-bond donors (Lipinski definition) is 1. The lowest BCUT2D eigenvalue weighted by Gasteiger charge is -2.28. The molecule has 43 heavy (non-hydrogen) atoms. The Labute approximate surface area is 272 Å². The van der Waals surface area contributed by atoms with Gasteiger partial charge in [-0.05, 0) is 25.7 Å². The van der Waals surface area contributed by atoms with Crippen molar-refractivity contribution in [1.82, 2.24) is 0 Å². The molecule has 258 valence electrons. The fourth-order valence-electron chi connectivity index (χ4n) is 7.04. The molecule has 1 aliphatic heterocycles. The molecule has 0 aromatic heterocycles. The zero-order valence-electron chi connectivity index (χ0n) is 30.1. The molecule has 1 saturated heterocycles. The van der Waals surface area contributed by atoms with Gasteiger partial charge in [0.2, 0.25) is 0 Å². The van der Waals surface area contributed by atoms with Gasteiger partial charge >= 0.3 is 0 Å². The second-order valence-corrected chi connectivity index (χ2v) is 14.8. The van der Waals surface area contributed by atoms with Gasteiger partial charge in [0.05, 0.1) is 18.3 Å². The maximum Gasteiger partial charge on any atom is 0.0811 e. The highest BCUT2D eigenvalue weighted by Crippen LogP contribution is 2.31. The first-order valence-electron chi connectivity index (χ1n) is 20.5. The zero-order chi connectivity index (χ0) is 30.9. The van der Waals surface area contributed by atoms with Crippen molar-refractivity contribution in [2.45, 2.75) is 257 Å². The zero-order valence-corrected chi connectivity index (χ0v) is 30.1. The lowest BCUT2D eigenvalue weighted by molar-refractivity contribution is 0.00595. The van der Waals surface area contributed by atoms with Crippen LogP contribution in [0.5, 0.6) is 0 Å². The normalized spacial score (nSPS) is 15.0. The van der Waals surface area contributed by atoms with Gasteiger partial charge in [0, 0.05) is 0 Å². The third-order valence-electron chi connectivity index (χ3n) is 10.3. The van der Waals surface area contributed by atoms with Crippen LogP contribution in [-0.4, -0.2) is 23.4 Å². The number of rotatable bonds is 37. The van der Waals surface area contributed by atoms with E-state index in [-0.39, 0.29) is 0 Å². The maximum atomic E-state index is 11.5. The number of ether oxygens (including phenoxy) is 1. The summed E-state index contributed by atoms with van der Waals surface area (Å²) in [6.07, 6.45) is 49.6. The largest absolute Gasteiger partial charge is 0.390 e. The summed E-state index contributed by atoms with van der Waals surface area (Å²) in [4.78, 5) is 0. The van der Waals surface area contributed by atoms with E-state index in [1.54, 1.807) is 0 Å². The van der Waals surface area contributed by atoms with Gasteiger partial charge < -0.3 is 9.84 Å². The summed E-state index contributed by atoms with van der Waals surface area (Å²) < 4.78 is 5.46. The number of aliphatic hydroxyl groups is 1. The van der Waals surface area contributed by atoms with E-state index in [0.29, 0.717) is 6.10 Å². The molecular weight excluding hydrogens is 524 g/mol. The summed E-state index contributed by atoms with van der Waals surface area (Å²) >= 11 is 0. The van der Waals surface area contributed by atoms with Crippen LogP contribution < -0.4 is 0 Å². The van der Waals surface area contributed by atoms with Crippen LogP contribution in [0.4, 0.5) is 0 Å². The van der Waals surface area contributed by atoms with Crippen LogP contribution in [0, 0.1) is 0 Å². The maximum absolute atomic E-state index is 11.5. The van der Waals surface area contributed by atoms with Crippen molar-refractivity contribution in [2.75, 3.05) is 6.61 Å². The van der Waals surface area contributed by atoms with E-state index < -0.39 is 5.60 Å². The molecule has 1 N–H and O–H groups in total. The Morgan fingerprint density at radius 3 is 0.860 bits per heavy atom. The van der Waals surface area contributed by atoms with Crippen LogP contribution in [0.25, 0.3) is 0 Å². The average molecular weight is 607 g/mol. The molecule has 0 aromatic rings. The first kappa shape index (κ1) is 40.9. The van der Waals surface area contributed by atoms with E-state index in [1.165, 1.54) is 205 Å². The molecule has 1 heterocycles. The third-order valence-corrected chi connectivity index (χ3v) is 10.3. The van der Waals surface area contributed by atoms with Gasteiger partial charge in [-0.25, -0.2) is 0 Å². The Morgan fingerprint density at radius 1 is 0.395 bits per heavy atom. The van der Waals surface area contributed by atoms with Gasteiger partial charge in [0.15, 0.2) is 0 Å². The van der Waals surface area contributed by atoms with Crippen LogP contribution in [-0.2, 0) is 4.74 Å². The molecule has 1 aliphatic rings. The van der Waals surface area contributed by atoms with Gasteiger partial charge in [0.1, 0.15) is 0 Å². The Bertz CT molecular complexity index is 492. The Kier molecular flexibility index (Phi) is 30.4. The highest BCUT2D eigenvalue weighted by Gasteiger charge is 2.30. The third kappa shape index (κ3) is 30.3. The summed E-state index contributed by atoms with van der Waals surface area (Å²) in [5, 5.41) is 11.5. The van der Waals surface area contributed by atoms with Crippen molar-refractivity contribution in [3.63, 3.8) is 0 Å². The molecule has 0 aromatic carbocycles. The molecule has 0 saturated carbocycles. The summed E-state index contributed by atoms with van der Waals surface area (Å²) in [7, 11) is 0. The molecule has 0 spiro atoms. The molecule has 2 nitrogen and oxygen atoms in total. The minimum Gasteiger partial charge on any atom is -0.390 e. The molecule has 0 radical (unpaired) electrons. The minimum absolute atomic E-state index is 0.433. The fourth-order valence-corrected chi connectivity index (χ4v) is 7.04. The highest BCUT2D eigenvalue weighted by molar-refractivity contribution is 4.82. The van der Waals surface area contributed by atoms with E-state index in [2.05, 4.69) is 13.8 Å². The van der Waals surface area contributed by atoms with Crippen molar-refractivity contribution in [3.8, 4) is 0 Å². The van der Waals surface area contributed by atoms with E-state index in [9.17, 15) is 5.11 Å². The summed E-state index contributed by atoms with van der Waals surface area (Å²) in [5.74, 6) is 0. The fraction of sp³-hybridized carbons (Fsp3) is 1.00. The van der Waals surface area contributed by atoms with Gasteiger partial charge in [-0.15, -0.1) is 0 Å². The summed E-state index contributed by atoms with van der Waals surface area (Å²) in [6.45, 7) is 5.53. The van der Waals surface area contributed by atoms with Crippen LogP contribution in [0.15, 0.2) is 0 Å². The quantitative estimate of drug-likeness (QED) is 0.0563. The van der Waals surface area contributed by atoms with Crippen molar-refractivity contribution in [3.05, 3.63) is 0 Å². The number of hydrogen-bond acceptors (Lipinski definition) is 2. The first-order chi connectivity index (χ1) is 21.2. The standard InChI is InChI=1S/C41H82O2/c1-3-5-7-9-11-13-15-17-19-21-23-25-27-29-31-33-36-41(42,38-35-40-39-43-40)37-34-32-30-28-26-24-22-20-18-16-14-12-10-8-6-4-2/h40,42H,3-39H2,1-2H3. The topological polar surface area (TPSA) is 32.8 Å². The smallest absolute Gasteiger partial charge is 0.0811 e. The Balaban J connectivity index is 1.93. The Morgan fingerprint density at radius 2 is 0.628 bits per heavy atom. The van der Waals surface area contributed by atoms with Gasteiger partial charge in [-0.3, -0.25) is 0 Å². The number of epoxide rings is 1. The highest BCUT2D eigenvalue weighted by atomic mass is 16.6. The van der Waals surface area contributed by atoms with E-state index in [4.69, 9.17) is 4.74 Å². The monoisotopic (exact) mass is 607 g/mol. The van der Waals surface area contributed by atoms with Crippen LogP contribution >= 0.6 is 0 Å². The van der Waals surface area contributed by atoms with E-state index in [1.807, 2.05) is 0 Å². The molecule has 1 fully saturated rings. The van der Waals surface area contributed by atoms with E-state index >= 15 is 0 Å². The summed E-state index contributed by atoms with van der Waals surface area (Å²) in [5.41, 5.74) is -0.433. The van der Waals surface area contributed by atoms with Gasteiger partial charge in [0.25, 0.3) is 0 Å². The Hall–Kier alpha value is -0.0800. The second kappa shape index (κ2) is 31.9. The van der Waals surface area contributed by atoms with E-state index in [0.717, 1.165) is 32.3 Å². The molecule has 1 unspecified atom stereocenters. The summed E-state index contributed by atoms with van der Waals surface area (Å²) in [6, 6.07) is 0. The van der Waals surface area contributed by atoms with Crippen molar-refractivity contribution in [2.24, 2.45) is 0 Å². The SMILES string of the molecule is CCCCCCCCCCCCCCCCCCC(O)(CCCCCCCCCCCCCCCCCC)CCC1CO1. The lowest BCUT2D eigenvalue weighted by Crippen LogP contribution is -2.29. The number of unbranched alkanes of at least 4 members (excludes halogenated alkanes) is 30. The van der Waals surface area contributed by atoms with Gasteiger partial charge in [-0.1, -0.05) is 219 Å². The molecule has 0 aliphatic carbocycles. The second-order valence-electron chi connectivity index (χ2n) is 14.8. The first-order valence-corrected chi connectivity index (χ1v) is 20.5. The average Bonchev–Trinajstić information content (AvgIpc) is 3.85. The molecule has 1 rings (SSSR count). The lowest BCUT2D eigenvalue weighted by atomic mass is 9.85. The van der Waals surface area contributed by atoms with Crippen LogP contribution in [0.3, 0.4) is 0 Å². The van der Waals surface area contributed by atoms with Crippen molar-refractivity contribution < 1.29 is 9.84 Å². The molecule has 0 amide bonds. The van der Waals surface area contributed by atoms with Crippen molar-refractivity contribution >= 4 is 0 Å². The molecular formula is C41H82O2. The molecule has 2 heteroatoms. The van der Waals surface area contributed by atoms with Crippen LogP contribution in [0.1, 0.15) is 245 Å². The predicted molar refractivity (Wildman–Crippen MR) is 192 cm³/mol. The van der Waals surface area contributed by atoms with Crippen LogP contribution in [0.2, 0.25) is 0 Å². The van der Waals surface area contributed by atoms with Crippen molar-refractivity contribution in [1.29, 1.82) is 0 Å². The molecule has 1 atom stereocenters.